The van der Waals surface area contributed by atoms with Gasteiger partial charge in [-0.2, -0.15) is 0 Å². The molecule has 0 spiro atoms. The largest absolute Gasteiger partial charge is 0.311 e. The molecule has 2 nitrogen and oxygen atoms in total. The minimum absolute atomic E-state index is 1.13. The summed E-state index contributed by atoms with van der Waals surface area (Å²) in [5, 5.41) is 0. The van der Waals surface area contributed by atoms with Crippen molar-refractivity contribution in [1.29, 1.82) is 0 Å². The summed E-state index contributed by atoms with van der Waals surface area (Å²) in [6.07, 6.45) is 4.37. The quantitative estimate of drug-likeness (QED) is 0.130. The van der Waals surface area contributed by atoms with E-state index in [0.717, 1.165) is 34.1 Å². The van der Waals surface area contributed by atoms with Crippen molar-refractivity contribution in [3.63, 3.8) is 0 Å². The molecule has 0 saturated carbocycles. The Labute approximate surface area is 332 Å². The fourth-order valence-corrected chi connectivity index (χ4v) is 7.04. The van der Waals surface area contributed by atoms with E-state index < -0.39 is 0 Å². The zero-order valence-electron chi connectivity index (χ0n) is 32.5. The van der Waals surface area contributed by atoms with Crippen molar-refractivity contribution in [3.8, 4) is 22.3 Å². The molecule has 0 saturated heterocycles. The Morgan fingerprint density at radius 2 is 0.411 bits per heavy atom. The van der Waals surface area contributed by atoms with Crippen LogP contribution in [0.25, 0.3) is 34.4 Å². The van der Waals surface area contributed by atoms with Crippen molar-refractivity contribution < 1.29 is 0 Å². The molecule has 0 heterocycles. The van der Waals surface area contributed by atoms with Crippen LogP contribution in [0, 0.1) is 27.7 Å². The number of nitrogens with zero attached hydrogens (tertiary/aromatic N) is 2. The van der Waals surface area contributed by atoms with E-state index in [9.17, 15) is 0 Å². The number of anilines is 6. The first-order valence-electron chi connectivity index (χ1n) is 19.3. The molecule has 272 valence electrons. The van der Waals surface area contributed by atoms with Gasteiger partial charge in [0.1, 0.15) is 0 Å². The topological polar surface area (TPSA) is 6.48 Å². The maximum atomic E-state index is 2.31. The van der Waals surface area contributed by atoms with Gasteiger partial charge in [0.15, 0.2) is 0 Å². The summed E-state index contributed by atoms with van der Waals surface area (Å²) in [5.74, 6) is 0. The summed E-state index contributed by atoms with van der Waals surface area (Å²) in [4.78, 5) is 4.62. The highest BCUT2D eigenvalue weighted by molar-refractivity contribution is 5.81. The van der Waals surface area contributed by atoms with Gasteiger partial charge in [-0.25, -0.2) is 0 Å². The maximum Gasteiger partial charge on any atom is 0.0462 e. The average molecular weight is 723 g/mol. The molecule has 0 aromatic heterocycles. The Morgan fingerprint density at radius 1 is 0.232 bits per heavy atom. The van der Waals surface area contributed by atoms with Gasteiger partial charge < -0.3 is 9.80 Å². The minimum atomic E-state index is 1.13. The van der Waals surface area contributed by atoms with Crippen LogP contribution in [-0.4, -0.2) is 0 Å². The zero-order valence-corrected chi connectivity index (χ0v) is 32.5. The van der Waals surface area contributed by atoms with Gasteiger partial charge >= 0.3 is 0 Å². The van der Waals surface area contributed by atoms with Crippen LogP contribution in [0.1, 0.15) is 33.4 Å². The van der Waals surface area contributed by atoms with Crippen LogP contribution in [0.2, 0.25) is 0 Å². The van der Waals surface area contributed by atoms with Gasteiger partial charge in [0, 0.05) is 34.1 Å². The third kappa shape index (κ3) is 8.26. The highest BCUT2D eigenvalue weighted by atomic mass is 15.1. The van der Waals surface area contributed by atoms with E-state index in [4.69, 9.17) is 0 Å². The molecule has 8 aromatic carbocycles. The van der Waals surface area contributed by atoms with E-state index in [0.29, 0.717) is 0 Å². The van der Waals surface area contributed by atoms with Crippen LogP contribution >= 0.6 is 0 Å². The van der Waals surface area contributed by atoms with E-state index in [1.54, 1.807) is 0 Å². The zero-order chi connectivity index (χ0) is 38.4. The minimum Gasteiger partial charge on any atom is -0.311 e. The molecule has 0 aliphatic heterocycles. The second-order valence-corrected chi connectivity index (χ2v) is 14.7. The van der Waals surface area contributed by atoms with Crippen molar-refractivity contribution in [2.75, 3.05) is 9.80 Å². The Bertz CT molecular complexity index is 2250. The number of hydrogen-bond acceptors (Lipinski definition) is 2. The molecular weight excluding hydrogens is 677 g/mol. The normalized spacial score (nSPS) is 11.1. The summed E-state index contributed by atoms with van der Waals surface area (Å²) in [6, 6.07) is 70.2. The molecule has 0 N–H and O–H groups in total. The number of rotatable bonds is 10. The number of benzene rings is 8. The van der Waals surface area contributed by atoms with E-state index in [-0.39, 0.29) is 0 Å². The van der Waals surface area contributed by atoms with E-state index >= 15 is 0 Å². The third-order valence-electron chi connectivity index (χ3n) is 10.4. The summed E-state index contributed by atoms with van der Waals surface area (Å²) < 4.78 is 0. The molecule has 0 atom stereocenters. The van der Waals surface area contributed by atoms with Gasteiger partial charge in [0.05, 0.1) is 0 Å². The van der Waals surface area contributed by atoms with Crippen molar-refractivity contribution in [1.82, 2.24) is 0 Å². The van der Waals surface area contributed by atoms with Gasteiger partial charge in [0.25, 0.3) is 0 Å². The summed E-state index contributed by atoms with van der Waals surface area (Å²) in [6.45, 7) is 8.51. The first kappa shape index (κ1) is 36.1. The van der Waals surface area contributed by atoms with Gasteiger partial charge in [-0.1, -0.05) is 156 Å². The lowest BCUT2D eigenvalue weighted by Gasteiger charge is -2.26. The molecule has 2 heteroatoms. The molecule has 8 rings (SSSR count). The average Bonchev–Trinajstić information content (AvgIpc) is 3.24. The summed E-state index contributed by atoms with van der Waals surface area (Å²) >= 11 is 0. The Kier molecular flexibility index (Phi) is 10.5. The third-order valence-corrected chi connectivity index (χ3v) is 10.4. The van der Waals surface area contributed by atoms with Crippen LogP contribution < -0.4 is 9.80 Å². The lowest BCUT2D eigenvalue weighted by molar-refractivity contribution is 1.27. The molecule has 0 radical (unpaired) electrons. The van der Waals surface area contributed by atoms with Crippen LogP contribution in [0.15, 0.2) is 194 Å². The molecule has 0 amide bonds. The highest BCUT2D eigenvalue weighted by Crippen LogP contribution is 2.37. The standard InChI is InChI=1S/C54H46N2/c1-39-5-27-49(28-6-39)55(50-29-7-40(2)8-30-50)53-35-23-47(24-36-53)45-19-15-43(16-20-45)13-14-44-17-21-46(22-18-44)48-25-37-54(38-26-48)56(51-31-9-41(3)10-32-51)52-33-11-42(4)12-34-52/h5-38H,1-4H3. The Hall–Kier alpha value is -6.90. The fraction of sp³-hybridized carbons (Fsp3) is 0.0741. The predicted octanol–water partition coefficient (Wildman–Crippen LogP) is 15.4. The number of aryl methyl sites for hydroxylation is 4. The van der Waals surface area contributed by atoms with Crippen LogP contribution in [0.5, 0.6) is 0 Å². The fourth-order valence-electron chi connectivity index (χ4n) is 7.04. The second kappa shape index (κ2) is 16.2. The monoisotopic (exact) mass is 722 g/mol. The summed E-state index contributed by atoms with van der Waals surface area (Å²) in [7, 11) is 0. The molecule has 0 aliphatic rings. The molecule has 8 aromatic rings. The molecule has 0 aliphatic carbocycles. The van der Waals surface area contributed by atoms with Crippen LogP contribution in [0.3, 0.4) is 0 Å². The van der Waals surface area contributed by atoms with Gasteiger partial charge in [-0.3, -0.25) is 0 Å². The molecule has 0 fully saturated rings. The van der Waals surface area contributed by atoms with Crippen molar-refractivity contribution in [2.24, 2.45) is 0 Å². The molecule has 0 bridgehead atoms. The molecule has 56 heavy (non-hydrogen) atoms. The Morgan fingerprint density at radius 3 is 0.625 bits per heavy atom. The molecule has 0 unspecified atom stereocenters. The van der Waals surface area contributed by atoms with Gasteiger partial charge in [-0.15, -0.1) is 0 Å². The van der Waals surface area contributed by atoms with E-state index in [1.165, 1.54) is 55.6 Å². The lowest BCUT2D eigenvalue weighted by Crippen LogP contribution is -2.09. The Balaban J connectivity index is 0.942. The first-order valence-corrected chi connectivity index (χ1v) is 19.3. The lowest BCUT2D eigenvalue weighted by atomic mass is 10.0. The molecular formula is C54H46N2. The van der Waals surface area contributed by atoms with Crippen molar-refractivity contribution >= 4 is 46.3 Å². The van der Waals surface area contributed by atoms with Crippen LogP contribution in [-0.2, 0) is 0 Å². The van der Waals surface area contributed by atoms with Gasteiger partial charge in [-0.05, 0) is 134 Å². The number of hydrogen-bond donors (Lipinski definition) is 0. The van der Waals surface area contributed by atoms with Crippen molar-refractivity contribution in [3.05, 3.63) is 228 Å². The second-order valence-electron chi connectivity index (χ2n) is 14.7. The van der Waals surface area contributed by atoms with E-state index in [1.807, 2.05) is 0 Å². The highest BCUT2D eigenvalue weighted by Gasteiger charge is 2.14. The SMILES string of the molecule is Cc1ccc(N(c2ccc(C)cc2)c2ccc(-c3ccc(C=Cc4ccc(-c5ccc(N(c6ccc(C)cc6)c6ccc(C)cc6)cc5)cc4)cc3)cc2)cc1. The maximum absolute atomic E-state index is 2.31. The van der Waals surface area contributed by atoms with Gasteiger partial charge in [0.2, 0.25) is 0 Å². The van der Waals surface area contributed by atoms with E-state index in [2.05, 4.69) is 244 Å². The van der Waals surface area contributed by atoms with Crippen LogP contribution in [0.4, 0.5) is 34.1 Å². The first-order chi connectivity index (χ1) is 27.4. The van der Waals surface area contributed by atoms with Crippen molar-refractivity contribution in [2.45, 2.75) is 27.7 Å². The predicted molar refractivity (Wildman–Crippen MR) is 241 cm³/mol. The smallest absolute Gasteiger partial charge is 0.0462 e. The summed E-state index contributed by atoms with van der Waals surface area (Å²) in [5.41, 5.74) is 19.0.